The third-order valence-corrected chi connectivity index (χ3v) is 6.89. The van der Waals surface area contributed by atoms with E-state index in [2.05, 4.69) is 5.32 Å². The Kier molecular flexibility index (Phi) is 5.45. The molecule has 0 saturated carbocycles. The molecule has 32 heavy (non-hydrogen) atoms. The SMILES string of the molecule is Cc1ccc(C)c(C2NC(CC(C)C)(C(=O)O)C3C(=O)N(c4ccccc4C)C(=O)C23)c1. The maximum Gasteiger partial charge on any atom is 0.324 e. The molecule has 2 aliphatic rings. The number of carboxylic acids is 1. The van der Waals surface area contributed by atoms with Crippen molar-refractivity contribution in [1.29, 1.82) is 0 Å². The first-order chi connectivity index (χ1) is 15.1. The lowest BCUT2D eigenvalue weighted by molar-refractivity contribution is -0.149. The van der Waals surface area contributed by atoms with Crippen LogP contribution in [0.2, 0.25) is 0 Å². The van der Waals surface area contributed by atoms with Crippen molar-refractivity contribution in [2.24, 2.45) is 17.8 Å². The molecule has 4 rings (SSSR count). The molecule has 2 saturated heterocycles. The Hall–Kier alpha value is -2.99. The Morgan fingerprint density at radius 3 is 2.38 bits per heavy atom. The minimum Gasteiger partial charge on any atom is -0.480 e. The highest BCUT2D eigenvalue weighted by atomic mass is 16.4. The van der Waals surface area contributed by atoms with Crippen LogP contribution in [0.25, 0.3) is 0 Å². The van der Waals surface area contributed by atoms with Crippen LogP contribution < -0.4 is 10.2 Å². The minimum atomic E-state index is -1.51. The minimum absolute atomic E-state index is 0.0204. The first-order valence-corrected chi connectivity index (χ1v) is 11.1. The van der Waals surface area contributed by atoms with Crippen LogP contribution in [0.5, 0.6) is 0 Å². The summed E-state index contributed by atoms with van der Waals surface area (Å²) in [6.07, 6.45) is 0.255. The van der Waals surface area contributed by atoms with Gasteiger partial charge in [0.25, 0.3) is 0 Å². The number of fused-ring (bicyclic) bond motifs is 1. The maximum atomic E-state index is 13.8. The fourth-order valence-electron chi connectivity index (χ4n) is 5.53. The van der Waals surface area contributed by atoms with Crippen LogP contribution >= 0.6 is 0 Å². The highest BCUT2D eigenvalue weighted by Gasteiger charge is 2.68. The first-order valence-electron chi connectivity index (χ1n) is 11.1. The number of carbonyl (C=O) groups excluding carboxylic acids is 2. The van der Waals surface area contributed by atoms with E-state index in [-0.39, 0.29) is 18.2 Å². The number of para-hydroxylation sites is 1. The summed E-state index contributed by atoms with van der Waals surface area (Å²) >= 11 is 0. The number of anilines is 1. The quantitative estimate of drug-likeness (QED) is 0.697. The van der Waals surface area contributed by atoms with Gasteiger partial charge >= 0.3 is 5.97 Å². The van der Waals surface area contributed by atoms with Gasteiger partial charge in [-0.05, 0) is 55.9 Å². The van der Waals surface area contributed by atoms with Crippen molar-refractivity contribution in [1.82, 2.24) is 5.32 Å². The number of carbonyl (C=O) groups is 3. The summed E-state index contributed by atoms with van der Waals surface area (Å²) in [5.74, 6) is -3.58. The summed E-state index contributed by atoms with van der Waals surface area (Å²) in [6.45, 7) is 9.65. The van der Waals surface area contributed by atoms with Gasteiger partial charge in [-0.15, -0.1) is 0 Å². The van der Waals surface area contributed by atoms with Crippen molar-refractivity contribution in [2.75, 3.05) is 4.90 Å². The lowest BCUT2D eigenvalue weighted by Gasteiger charge is -2.33. The number of nitrogens with zero attached hydrogens (tertiary/aromatic N) is 1. The number of hydrogen-bond donors (Lipinski definition) is 2. The zero-order valence-corrected chi connectivity index (χ0v) is 19.2. The molecule has 0 aliphatic carbocycles. The summed E-state index contributed by atoms with van der Waals surface area (Å²) in [4.78, 5) is 41.6. The molecule has 6 nitrogen and oxygen atoms in total. The largest absolute Gasteiger partial charge is 0.480 e. The molecular formula is C26H30N2O4. The molecule has 2 fully saturated rings. The average Bonchev–Trinajstić information content (AvgIpc) is 3.19. The Morgan fingerprint density at radius 1 is 1.06 bits per heavy atom. The molecule has 168 valence electrons. The molecule has 4 atom stereocenters. The number of nitrogens with one attached hydrogen (secondary N) is 1. The van der Waals surface area contributed by atoms with Crippen LogP contribution in [0.1, 0.15) is 48.6 Å². The van der Waals surface area contributed by atoms with Crippen molar-refractivity contribution in [2.45, 2.75) is 52.6 Å². The fourth-order valence-corrected chi connectivity index (χ4v) is 5.53. The van der Waals surface area contributed by atoms with Crippen molar-refractivity contribution in [3.63, 3.8) is 0 Å². The van der Waals surface area contributed by atoms with Gasteiger partial charge in [-0.1, -0.05) is 55.8 Å². The van der Waals surface area contributed by atoms with E-state index in [9.17, 15) is 19.5 Å². The summed E-state index contributed by atoms with van der Waals surface area (Å²) in [7, 11) is 0. The Balaban J connectivity index is 1.92. The number of amides is 2. The number of rotatable bonds is 5. The number of benzene rings is 2. The van der Waals surface area contributed by atoms with Gasteiger partial charge in [-0.25, -0.2) is 4.90 Å². The lowest BCUT2D eigenvalue weighted by atomic mass is 9.75. The molecule has 4 unspecified atom stereocenters. The van der Waals surface area contributed by atoms with Gasteiger partial charge in [0.1, 0.15) is 5.54 Å². The highest BCUT2D eigenvalue weighted by molar-refractivity contribution is 6.24. The first kappa shape index (κ1) is 22.2. The molecule has 2 aromatic carbocycles. The number of imide groups is 1. The molecule has 0 spiro atoms. The molecule has 6 heteroatoms. The zero-order valence-electron chi connectivity index (χ0n) is 19.2. The second-order valence-corrected chi connectivity index (χ2v) is 9.66. The summed E-state index contributed by atoms with van der Waals surface area (Å²) in [6, 6.07) is 12.6. The number of carboxylic acid groups (broad SMARTS) is 1. The van der Waals surface area contributed by atoms with Crippen LogP contribution in [-0.4, -0.2) is 28.4 Å². The molecule has 2 heterocycles. The number of hydrogen-bond acceptors (Lipinski definition) is 4. The molecular weight excluding hydrogens is 404 g/mol. The fraction of sp³-hybridized carbons (Fsp3) is 0.423. The number of aliphatic carboxylic acids is 1. The highest BCUT2D eigenvalue weighted by Crippen LogP contribution is 2.52. The zero-order chi connectivity index (χ0) is 23.4. The van der Waals surface area contributed by atoms with Crippen molar-refractivity contribution < 1.29 is 19.5 Å². The van der Waals surface area contributed by atoms with Gasteiger partial charge in [0.15, 0.2) is 0 Å². The standard InChI is InChI=1S/C26H30N2O4/c1-14(2)13-26(25(31)32)21-20(22(27-26)18-12-15(3)10-11-16(18)4)23(29)28(24(21)30)19-9-7-6-8-17(19)5/h6-12,14,20-22,27H,13H2,1-5H3,(H,31,32). The lowest BCUT2D eigenvalue weighted by Crippen LogP contribution is -2.56. The normalized spacial score (nSPS) is 27.3. The predicted molar refractivity (Wildman–Crippen MR) is 122 cm³/mol. The van der Waals surface area contributed by atoms with E-state index >= 15 is 0 Å². The number of aryl methyl sites for hydroxylation is 3. The van der Waals surface area contributed by atoms with E-state index in [1.165, 1.54) is 4.90 Å². The van der Waals surface area contributed by atoms with Crippen LogP contribution in [0.4, 0.5) is 5.69 Å². The summed E-state index contributed by atoms with van der Waals surface area (Å²) < 4.78 is 0. The average molecular weight is 435 g/mol. The molecule has 0 radical (unpaired) electrons. The summed E-state index contributed by atoms with van der Waals surface area (Å²) in [5.41, 5.74) is 2.68. The molecule has 2 amide bonds. The van der Waals surface area contributed by atoms with E-state index < -0.39 is 35.3 Å². The van der Waals surface area contributed by atoms with Crippen LogP contribution in [0.3, 0.4) is 0 Å². The topological polar surface area (TPSA) is 86.7 Å². The monoisotopic (exact) mass is 434 g/mol. The van der Waals surface area contributed by atoms with Crippen molar-refractivity contribution >= 4 is 23.5 Å². The maximum absolute atomic E-state index is 13.8. The van der Waals surface area contributed by atoms with Gasteiger partial charge in [0, 0.05) is 6.04 Å². The second-order valence-electron chi connectivity index (χ2n) is 9.66. The van der Waals surface area contributed by atoms with Crippen LogP contribution in [-0.2, 0) is 14.4 Å². The smallest absolute Gasteiger partial charge is 0.324 e. The van der Waals surface area contributed by atoms with E-state index in [4.69, 9.17) is 0 Å². The Morgan fingerprint density at radius 2 is 1.75 bits per heavy atom. The van der Waals surface area contributed by atoms with Gasteiger partial charge < -0.3 is 5.11 Å². The van der Waals surface area contributed by atoms with E-state index in [0.717, 1.165) is 22.3 Å². The van der Waals surface area contributed by atoms with Gasteiger partial charge in [-0.2, -0.15) is 0 Å². The van der Waals surface area contributed by atoms with Crippen molar-refractivity contribution in [3.8, 4) is 0 Å². The third-order valence-electron chi connectivity index (χ3n) is 6.89. The van der Waals surface area contributed by atoms with Gasteiger partial charge in [0.05, 0.1) is 17.5 Å². The van der Waals surface area contributed by atoms with E-state index in [1.54, 1.807) is 12.1 Å². The third kappa shape index (κ3) is 3.25. The molecule has 2 aromatic rings. The van der Waals surface area contributed by atoms with Gasteiger partial charge in [0.2, 0.25) is 11.8 Å². The summed E-state index contributed by atoms with van der Waals surface area (Å²) in [5, 5.41) is 13.7. The van der Waals surface area contributed by atoms with E-state index in [1.807, 2.05) is 65.0 Å². The van der Waals surface area contributed by atoms with E-state index in [0.29, 0.717) is 5.69 Å². The Labute approximate surface area is 188 Å². The van der Waals surface area contributed by atoms with Crippen LogP contribution in [0, 0.1) is 38.5 Å². The van der Waals surface area contributed by atoms with Crippen LogP contribution in [0.15, 0.2) is 42.5 Å². The molecule has 0 bridgehead atoms. The Bertz CT molecular complexity index is 1110. The molecule has 2 N–H and O–H groups in total. The predicted octanol–water partition coefficient (Wildman–Crippen LogP) is 3.93. The van der Waals surface area contributed by atoms with Crippen molar-refractivity contribution in [3.05, 3.63) is 64.7 Å². The molecule has 2 aliphatic heterocycles. The molecule has 0 aromatic heterocycles. The van der Waals surface area contributed by atoms with Gasteiger partial charge in [-0.3, -0.25) is 19.7 Å². The second kappa shape index (κ2) is 7.85.